The van der Waals surface area contributed by atoms with Crippen LogP contribution in [0.2, 0.25) is 0 Å². The van der Waals surface area contributed by atoms with Crippen molar-refractivity contribution >= 4 is 0 Å². The number of phenolic OH excluding ortho intramolecular Hbond substituents is 1. The molecular weight excluding hydrogens is 212 g/mol. The van der Waals surface area contributed by atoms with Crippen molar-refractivity contribution in [3.8, 4) is 5.75 Å². The van der Waals surface area contributed by atoms with Crippen LogP contribution in [0.5, 0.6) is 5.75 Å². The van der Waals surface area contributed by atoms with Crippen LogP contribution < -0.4 is 0 Å². The summed E-state index contributed by atoms with van der Waals surface area (Å²) in [4.78, 5) is 0. The molecule has 0 heterocycles. The van der Waals surface area contributed by atoms with E-state index in [9.17, 15) is 5.11 Å². The minimum atomic E-state index is 0.286. The molecule has 2 heteroatoms. The summed E-state index contributed by atoms with van der Waals surface area (Å²) in [5.41, 5.74) is 4.44. The topological polar surface area (TPSA) is 40.5 Å². The maximum absolute atomic E-state index is 10.1. The third-order valence-corrected chi connectivity index (χ3v) is 3.48. The molecule has 2 N–H and O–H groups in total. The fraction of sp³-hybridized carbons (Fsp3) is 0.600. The van der Waals surface area contributed by atoms with E-state index in [0.717, 1.165) is 48.8 Å². The Bertz CT molecular complexity index is 370. The zero-order valence-corrected chi connectivity index (χ0v) is 11.2. The summed E-state index contributed by atoms with van der Waals surface area (Å²) in [5.74, 6) is 0.477. The summed E-state index contributed by atoms with van der Waals surface area (Å²) in [6, 6.07) is 2.15. The van der Waals surface area contributed by atoms with Crippen LogP contribution in [0.25, 0.3) is 0 Å². The van der Waals surface area contributed by atoms with Gasteiger partial charge in [0.05, 0.1) is 0 Å². The smallest absolute Gasteiger partial charge is 0.122 e. The van der Waals surface area contributed by atoms with Crippen LogP contribution >= 0.6 is 0 Å². The standard InChI is InChI=1S/C15H24O2/c1-11-10-12(2)14(15(17)13(11)3)8-6-4-5-7-9-16/h10,16-17H,4-9H2,1-3H3. The van der Waals surface area contributed by atoms with Crippen LogP contribution in [0.1, 0.15) is 47.9 Å². The predicted octanol–water partition coefficient (Wildman–Crippen LogP) is 3.41. The molecule has 1 rings (SSSR count). The van der Waals surface area contributed by atoms with Gasteiger partial charge in [-0.2, -0.15) is 0 Å². The fourth-order valence-corrected chi connectivity index (χ4v) is 2.20. The molecule has 0 radical (unpaired) electrons. The summed E-state index contributed by atoms with van der Waals surface area (Å²) >= 11 is 0. The number of benzene rings is 1. The minimum absolute atomic E-state index is 0.286. The molecule has 0 atom stereocenters. The van der Waals surface area contributed by atoms with Crippen molar-refractivity contribution in [2.75, 3.05) is 6.61 Å². The van der Waals surface area contributed by atoms with Crippen molar-refractivity contribution in [2.24, 2.45) is 0 Å². The lowest BCUT2D eigenvalue weighted by molar-refractivity contribution is 0.282. The quantitative estimate of drug-likeness (QED) is 0.743. The van der Waals surface area contributed by atoms with Crippen molar-refractivity contribution in [3.63, 3.8) is 0 Å². The Morgan fingerprint density at radius 3 is 2.24 bits per heavy atom. The predicted molar refractivity (Wildman–Crippen MR) is 71.6 cm³/mol. The summed E-state index contributed by atoms with van der Waals surface area (Å²) in [7, 11) is 0. The molecule has 1 aromatic carbocycles. The molecule has 0 aliphatic carbocycles. The Balaban J connectivity index is 2.62. The molecule has 0 aromatic heterocycles. The average Bonchev–Trinajstić information content (AvgIpc) is 2.30. The summed E-state index contributed by atoms with van der Waals surface area (Å²) < 4.78 is 0. The van der Waals surface area contributed by atoms with E-state index in [0.29, 0.717) is 5.75 Å². The Morgan fingerprint density at radius 2 is 1.59 bits per heavy atom. The van der Waals surface area contributed by atoms with Gasteiger partial charge >= 0.3 is 0 Å². The van der Waals surface area contributed by atoms with E-state index in [1.807, 2.05) is 13.8 Å². The normalized spacial score (nSPS) is 10.8. The lowest BCUT2D eigenvalue weighted by Crippen LogP contribution is -1.96. The molecule has 96 valence electrons. The number of aliphatic hydroxyl groups is 1. The highest BCUT2D eigenvalue weighted by Crippen LogP contribution is 2.29. The van der Waals surface area contributed by atoms with Crippen LogP contribution in [0, 0.1) is 20.8 Å². The highest BCUT2D eigenvalue weighted by molar-refractivity contribution is 5.48. The van der Waals surface area contributed by atoms with Crippen LogP contribution in [-0.2, 0) is 6.42 Å². The van der Waals surface area contributed by atoms with Gasteiger partial charge in [0.1, 0.15) is 5.75 Å². The maximum atomic E-state index is 10.1. The zero-order valence-electron chi connectivity index (χ0n) is 11.2. The molecule has 1 aromatic rings. The SMILES string of the molecule is Cc1cc(C)c(CCCCCCO)c(O)c1C. The average molecular weight is 236 g/mol. The number of hydrogen-bond acceptors (Lipinski definition) is 2. The molecule has 0 aliphatic rings. The van der Waals surface area contributed by atoms with E-state index in [-0.39, 0.29) is 6.61 Å². The number of hydrogen-bond donors (Lipinski definition) is 2. The molecule has 0 aliphatic heterocycles. The van der Waals surface area contributed by atoms with Gasteiger partial charge < -0.3 is 10.2 Å². The van der Waals surface area contributed by atoms with Gasteiger partial charge in [-0.25, -0.2) is 0 Å². The van der Waals surface area contributed by atoms with Crippen LogP contribution in [-0.4, -0.2) is 16.8 Å². The number of aromatic hydroxyl groups is 1. The van der Waals surface area contributed by atoms with E-state index in [1.165, 1.54) is 5.56 Å². The fourth-order valence-electron chi connectivity index (χ4n) is 2.20. The summed E-state index contributed by atoms with van der Waals surface area (Å²) in [5, 5.41) is 18.8. The molecule has 0 fully saturated rings. The van der Waals surface area contributed by atoms with E-state index in [4.69, 9.17) is 5.11 Å². The Labute approximate surface area is 104 Å². The second-order valence-corrected chi connectivity index (χ2v) is 4.85. The molecule has 0 saturated carbocycles. The number of aliphatic hydroxyl groups excluding tert-OH is 1. The van der Waals surface area contributed by atoms with E-state index >= 15 is 0 Å². The van der Waals surface area contributed by atoms with Gasteiger partial charge in [0.15, 0.2) is 0 Å². The molecule has 17 heavy (non-hydrogen) atoms. The lowest BCUT2D eigenvalue weighted by atomic mass is 9.95. The largest absolute Gasteiger partial charge is 0.507 e. The molecule has 0 unspecified atom stereocenters. The lowest BCUT2D eigenvalue weighted by Gasteiger charge is -2.13. The van der Waals surface area contributed by atoms with Crippen molar-refractivity contribution < 1.29 is 10.2 Å². The first kappa shape index (κ1) is 14.0. The van der Waals surface area contributed by atoms with Crippen molar-refractivity contribution in [1.29, 1.82) is 0 Å². The Hall–Kier alpha value is -1.02. The molecule has 0 saturated heterocycles. The second-order valence-electron chi connectivity index (χ2n) is 4.85. The highest BCUT2D eigenvalue weighted by Gasteiger charge is 2.09. The summed E-state index contributed by atoms with van der Waals surface area (Å²) in [6.45, 7) is 6.36. The van der Waals surface area contributed by atoms with Crippen LogP contribution in [0.3, 0.4) is 0 Å². The van der Waals surface area contributed by atoms with Gasteiger partial charge in [0.2, 0.25) is 0 Å². The molecule has 0 amide bonds. The second kappa shape index (κ2) is 6.65. The molecule has 2 nitrogen and oxygen atoms in total. The molecular formula is C15H24O2. The van der Waals surface area contributed by atoms with Crippen LogP contribution in [0.4, 0.5) is 0 Å². The molecule has 0 bridgehead atoms. The van der Waals surface area contributed by atoms with Gasteiger partial charge in [0, 0.05) is 6.61 Å². The first-order chi connectivity index (χ1) is 8.07. The van der Waals surface area contributed by atoms with Gasteiger partial charge in [-0.1, -0.05) is 18.9 Å². The van der Waals surface area contributed by atoms with E-state index < -0.39 is 0 Å². The van der Waals surface area contributed by atoms with Gasteiger partial charge in [0.25, 0.3) is 0 Å². The Kier molecular flexibility index (Phi) is 5.49. The van der Waals surface area contributed by atoms with Gasteiger partial charge in [-0.05, 0) is 62.3 Å². The first-order valence-electron chi connectivity index (χ1n) is 6.47. The van der Waals surface area contributed by atoms with Gasteiger partial charge in [-0.3, -0.25) is 0 Å². The Morgan fingerprint density at radius 1 is 0.941 bits per heavy atom. The number of phenols is 1. The first-order valence-corrected chi connectivity index (χ1v) is 6.47. The minimum Gasteiger partial charge on any atom is -0.507 e. The number of rotatable bonds is 6. The van der Waals surface area contributed by atoms with E-state index in [2.05, 4.69) is 13.0 Å². The number of aryl methyl sites for hydroxylation is 2. The maximum Gasteiger partial charge on any atom is 0.122 e. The van der Waals surface area contributed by atoms with Crippen molar-refractivity contribution in [3.05, 3.63) is 28.3 Å². The van der Waals surface area contributed by atoms with Crippen molar-refractivity contribution in [1.82, 2.24) is 0 Å². The third-order valence-electron chi connectivity index (χ3n) is 3.48. The molecule has 0 spiro atoms. The van der Waals surface area contributed by atoms with Gasteiger partial charge in [-0.15, -0.1) is 0 Å². The monoisotopic (exact) mass is 236 g/mol. The van der Waals surface area contributed by atoms with Crippen LogP contribution in [0.15, 0.2) is 6.07 Å². The third kappa shape index (κ3) is 3.74. The summed E-state index contributed by atoms with van der Waals surface area (Å²) in [6.07, 6.45) is 5.09. The highest BCUT2D eigenvalue weighted by atomic mass is 16.3. The van der Waals surface area contributed by atoms with Crippen molar-refractivity contribution in [2.45, 2.75) is 52.9 Å². The van der Waals surface area contributed by atoms with E-state index in [1.54, 1.807) is 0 Å². The zero-order chi connectivity index (χ0) is 12.8. The number of unbranched alkanes of at least 4 members (excludes halogenated alkanes) is 3.